The van der Waals surface area contributed by atoms with Crippen LogP contribution in [0.4, 0.5) is 5.69 Å². The van der Waals surface area contributed by atoms with E-state index < -0.39 is 0 Å². The first-order valence-electron chi connectivity index (χ1n) is 10.1. The summed E-state index contributed by atoms with van der Waals surface area (Å²) >= 11 is 0. The zero-order chi connectivity index (χ0) is 21.3. The fraction of sp³-hybridized carbons (Fsp3) is 0.200. The van der Waals surface area contributed by atoms with Crippen LogP contribution in [0.3, 0.4) is 0 Å². The number of benzene rings is 3. The number of para-hydroxylation sites is 1. The lowest BCUT2D eigenvalue weighted by atomic mass is 10.1. The minimum absolute atomic E-state index is 0.0162. The molecule has 0 aromatic heterocycles. The molecule has 0 aliphatic carbocycles. The van der Waals surface area contributed by atoms with Gasteiger partial charge in [0.2, 0.25) is 0 Å². The average molecular weight is 402 g/mol. The molecule has 3 aromatic rings. The van der Waals surface area contributed by atoms with Crippen molar-refractivity contribution in [2.45, 2.75) is 20.5 Å². The topological polar surface area (TPSA) is 58.6 Å². The smallest absolute Gasteiger partial charge is 0.259 e. The van der Waals surface area contributed by atoms with Crippen LogP contribution in [0.25, 0.3) is 0 Å². The van der Waals surface area contributed by atoms with Crippen LogP contribution in [0.15, 0.2) is 78.9 Å². The Hall–Kier alpha value is -3.60. The first kappa shape index (κ1) is 21.1. The highest BCUT2D eigenvalue weighted by Crippen LogP contribution is 2.21. The Morgan fingerprint density at radius 2 is 1.47 bits per heavy atom. The Labute approximate surface area is 177 Å². The van der Waals surface area contributed by atoms with Crippen LogP contribution in [0.2, 0.25) is 0 Å². The van der Waals surface area contributed by atoms with E-state index in [4.69, 9.17) is 4.74 Å². The van der Waals surface area contributed by atoms with E-state index in [-0.39, 0.29) is 11.8 Å². The maximum atomic E-state index is 12.8. The monoisotopic (exact) mass is 402 g/mol. The Morgan fingerprint density at radius 1 is 0.833 bits per heavy atom. The molecule has 0 atom stereocenters. The van der Waals surface area contributed by atoms with Gasteiger partial charge in [-0.25, -0.2) is 0 Å². The average Bonchev–Trinajstić information content (AvgIpc) is 2.80. The summed E-state index contributed by atoms with van der Waals surface area (Å²) in [6, 6.07) is 23.9. The van der Waals surface area contributed by atoms with E-state index in [9.17, 15) is 9.59 Å². The molecule has 0 spiro atoms. The van der Waals surface area contributed by atoms with Gasteiger partial charge in [0.15, 0.2) is 0 Å². The number of rotatable bonds is 8. The summed E-state index contributed by atoms with van der Waals surface area (Å²) in [5.41, 5.74) is 2.70. The second-order valence-corrected chi connectivity index (χ2v) is 6.78. The molecule has 1 N–H and O–H groups in total. The van der Waals surface area contributed by atoms with E-state index in [0.29, 0.717) is 42.3 Å². The molecule has 0 radical (unpaired) electrons. The molecule has 0 bridgehead atoms. The first-order chi connectivity index (χ1) is 14.6. The fourth-order valence-corrected chi connectivity index (χ4v) is 3.10. The summed E-state index contributed by atoms with van der Waals surface area (Å²) in [6.07, 6.45) is 0. The summed E-state index contributed by atoms with van der Waals surface area (Å²) in [5, 5.41) is 2.88. The molecular formula is C25H26N2O3. The van der Waals surface area contributed by atoms with E-state index >= 15 is 0 Å². The molecule has 0 unspecified atom stereocenters. The van der Waals surface area contributed by atoms with E-state index in [1.165, 1.54) is 0 Å². The first-order valence-corrected chi connectivity index (χ1v) is 10.1. The standard InChI is InChI=1S/C25H26N2O3/c1-3-27(4-2)25(29)20-14-16-21(17-15-20)26-24(28)22-12-8-9-13-23(22)30-18-19-10-6-5-7-11-19/h5-17H,3-4,18H2,1-2H3,(H,26,28). The van der Waals surface area contributed by atoms with Gasteiger partial charge in [-0.3, -0.25) is 9.59 Å². The largest absolute Gasteiger partial charge is 0.488 e. The molecule has 154 valence electrons. The SMILES string of the molecule is CCN(CC)C(=O)c1ccc(NC(=O)c2ccccc2OCc2ccccc2)cc1. The summed E-state index contributed by atoms with van der Waals surface area (Å²) in [7, 11) is 0. The third kappa shape index (κ3) is 5.26. The summed E-state index contributed by atoms with van der Waals surface area (Å²) in [5.74, 6) is 0.242. The normalized spacial score (nSPS) is 10.3. The quantitative estimate of drug-likeness (QED) is 0.577. The predicted molar refractivity (Wildman–Crippen MR) is 119 cm³/mol. The van der Waals surface area contributed by atoms with Crippen molar-refractivity contribution < 1.29 is 14.3 Å². The third-order valence-corrected chi connectivity index (χ3v) is 4.81. The Bertz CT molecular complexity index is 981. The van der Waals surface area contributed by atoms with Crippen LogP contribution >= 0.6 is 0 Å². The molecule has 30 heavy (non-hydrogen) atoms. The van der Waals surface area contributed by atoms with Gasteiger partial charge < -0.3 is 15.0 Å². The number of ether oxygens (including phenoxy) is 1. The van der Waals surface area contributed by atoms with Crippen molar-refractivity contribution >= 4 is 17.5 Å². The van der Waals surface area contributed by atoms with Crippen LogP contribution in [-0.4, -0.2) is 29.8 Å². The Balaban J connectivity index is 1.68. The number of carbonyl (C=O) groups is 2. The van der Waals surface area contributed by atoms with Crippen molar-refractivity contribution in [3.8, 4) is 5.75 Å². The third-order valence-electron chi connectivity index (χ3n) is 4.81. The molecule has 0 aliphatic rings. The minimum Gasteiger partial charge on any atom is -0.488 e. The van der Waals surface area contributed by atoms with Crippen molar-refractivity contribution in [2.75, 3.05) is 18.4 Å². The number of carbonyl (C=O) groups excluding carboxylic acids is 2. The van der Waals surface area contributed by atoms with Gasteiger partial charge in [-0.2, -0.15) is 0 Å². The van der Waals surface area contributed by atoms with Gasteiger partial charge in [-0.05, 0) is 55.8 Å². The van der Waals surface area contributed by atoms with Gasteiger partial charge in [0.05, 0.1) is 5.56 Å². The van der Waals surface area contributed by atoms with Gasteiger partial charge in [-0.15, -0.1) is 0 Å². The van der Waals surface area contributed by atoms with Crippen molar-refractivity contribution in [2.24, 2.45) is 0 Å². The molecular weight excluding hydrogens is 376 g/mol. The minimum atomic E-state index is -0.263. The summed E-state index contributed by atoms with van der Waals surface area (Å²) in [6.45, 7) is 5.61. The van der Waals surface area contributed by atoms with Gasteiger partial charge in [0.1, 0.15) is 12.4 Å². The highest BCUT2D eigenvalue weighted by molar-refractivity contribution is 6.06. The molecule has 5 nitrogen and oxygen atoms in total. The number of amides is 2. The van der Waals surface area contributed by atoms with E-state index in [1.54, 1.807) is 47.4 Å². The van der Waals surface area contributed by atoms with Gasteiger partial charge in [0.25, 0.3) is 11.8 Å². The molecule has 2 amide bonds. The van der Waals surface area contributed by atoms with Crippen LogP contribution in [0, 0.1) is 0 Å². The molecule has 0 aliphatic heterocycles. The lowest BCUT2D eigenvalue weighted by Gasteiger charge is -2.18. The number of nitrogens with one attached hydrogen (secondary N) is 1. The fourth-order valence-electron chi connectivity index (χ4n) is 3.10. The number of anilines is 1. The van der Waals surface area contributed by atoms with Crippen LogP contribution < -0.4 is 10.1 Å². The molecule has 3 aromatic carbocycles. The number of hydrogen-bond donors (Lipinski definition) is 1. The predicted octanol–water partition coefficient (Wildman–Crippen LogP) is 5.00. The summed E-state index contributed by atoms with van der Waals surface area (Å²) < 4.78 is 5.87. The zero-order valence-electron chi connectivity index (χ0n) is 17.3. The highest BCUT2D eigenvalue weighted by Gasteiger charge is 2.15. The Kier molecular flexibility index (Phi) is 7.22. The number of hydrogen-bond acceptors (Lipinski definition) is 3. The van der Waals surface area contributed by atoms with Crippen molar-refractivity contribution in [1.82, 2.24) is 4.90 Å². The number of nitrogens with zero attached hydrogens (tertiary/aromatic N) is 1. The van der Waals surface area contributed by atoms with Crippen molar-refractivity contribution in [3.63, 3.8) is 0 Å². The van der Waals surface area contributed by atoms with E-state index in [1.807, 2.05) is 50.2 Å². The lowest BCUT2D eigenvalue weighted by Crippen LogP contribution is -2.30. The molecule has 0 fully saturated rings. The van der Waals surface area contributed by atoms with Gasteiger partial charge >= 0.3 is 0 Å². The Morgan fingerprint density at radius 3 is 2.13 bits per heavy atom. The van der Waals surface area contributed by atoms with Crippen molar-refractivity contribution in [1.29, 1.82) is 0 Å². The van der Waals surface area contributed by atoms with Gasteiger partial charge in [-0.1, -0.05) is 42.5 Å². The van der Waals surface area contributed by atoms with Crippen LogP contribution in [0.1, 0.15) is 40.1 Å². The highest BCUT2D eigenvalue weighted by atomic mass is 16.5. The lowest BCUT2D eigenvalue weighted by molar-refractivity contribution is 0.0773. The molecule has 0 saturated carbocycles. The van der Waals surface area contributed by atoms with Gasteiger partial charge in [0, 0.05) is 24.3 Å². The van der Waals surface area contributed by atoms with E-state index in [0.717, 1.165) is 5.56 Å². The maximum Gasteiger partial charge on any atom is 0.259 e. The van der Waals surface area contributed by atoms with Crippen molar-refractivity contribution in [3.05, 3.63) is 95.6 Å². The molecule has 3 rings (SSSR count). The molecule has 5 heteroatoms. The second-order valence-electron chi connectivity index (χ2n) is 6.78. The van der Waals surface area contributed by atoms with E-state index in [2.05, 4.69) is 5.32 Å². The van der Waals surface area contributed by atoms with Crippen LogP contribution in [0.5, 0.6) is 5.75 Å². The zero-order valence-corrected chi connectivity index (χ0v) is 17.3. The maximum absolute atomic E-state index is 12.8. The molecule has 0 heterocycles. The summed E-state index contributed by atoms with van der Waals surface area (Å²) in [4.78, 5) is 27.0. The molecule has 0 saturated heterocycles. The van der Waals surface area contributed by atoms with Crippen LogP contribution in [-0.2, 0) is 6.61 Å². The second kappa shape index (κ2) is 10.3.